The summed E-state index contributed by atoms with van der Waals surface area (Å²) in [6.45, 7) is 0. The Balaban J connectivity index is 2.69. The van der Waals surface area contributed by atoms with Gasteiger partial charge < -0.3 is 5.73 Å². The second kappa shape index (κ2) is 3.63. The van der Waals surface area contributed by atoms with Crippen LogP contribution in [0.4, 0.5) is 0 Å². The van der Waals surface area contributed by atoms with Crippen molar-refractivity contribution in [3.05, 3.63) is 35.7 Å². The van der Waals surface area contributed by atoms with Gasteiger partial charge in [0.2, 0.25) is 0 Å². The van der Waals surface area contributed by atoms with E-state index in [2.05, 4.69) is 0 Å². The Morgan fingerprint density at radius 1 is 1.54 bits per heavy atom. The van der Waals surface area contributed by atoms with Gasteiger partial charge in [-0.05, 0) is 24.3 Å². The number of nitrogens with two attached hydrogens (primary N) is 1. The predicted octanol–water partition coefficient (Wildman–Crippen LogP) is 0.0652. The quantitative estimate of drug-likeness (QED) is 0.552. The first-order valence-corrected chi connectivity index (χ1v) is 4.99. The lowest BCUT2D eigenvalue weighted by molar-refractivity contribution is 0.474. The zero-order valence-corrected chi connectivity index (χ0v) is 7.58. The van der Waals surface area contributed by atoms with Crippen LogP contribution < -0.4 is 10.5 Å². The zero-order valence-electron chi connectivity index (χ0n) is 6.77. The molecule has 0 aromatic rings. The summed E-state index contributed by atoms with van der Waals surface area (Å²) in [4.78, 5) is 0. The van der Waals surface area contributed by atoms with Gasteiger partial charge in [0.15, 0.2) is 0 Å². The van der Waals surface area contributed by atoms with Crippen LogP contribution in [0.2, 0.25) is 0 Å². The van der Waals surface area contributed by atoms with Crippen molar-refractivity contribution in [3.63, 3.8) is 0 Å². The Bertz CT molecular complexity index is 379. The fourth-order valence-electron chi connectivity index (χ4n) is 0.909. The van der Waals surface area contributed by atoms with Gasteiger partial charge in [0, 0.05) is 5.70 Å². The van der Waals surface area contributed by atoms with E-state index in [0.717, 1.165) is 5.57 Å². The fraction of sp³-hybridized carbons (Fsp3) is 0.143. The maximum Gasteiger partial charge on any atom is 0.357 e. The number of allylic oxidation sites excluding steroid dienone is 4. The van der Waals surface area contributed by atoms with E-state index >= 15 is 0 Å². The van der Waals surface area contributed by atoms with Gasteiger partial charge in [0.25, 0.3) is 0 Å². The Morgan fingerprint density at radius 2 is 2.23 bits per heavy atom. The minimum atomic E-state index is -4.17. The summed E-state index contributed by atoms with van der Waals surface area (Å²) in [5.41, 5.74) is 6.48. The molecule has 0 aliphatic heterocycles. The highest BCUT2D eigenvalue weighted by Gasteiger charge is 2.06. The third-order valence-corrected chi connectivity index (χ3v) is 1.99. The van der Waals surface area contributed by atoms with Gasteiger partial charge >= 0.3 is 10.3 Å². The summed E-state index contributed by atoms with van der Waals surface area (Å²) in [5, 5.41) is 0. The number of nitrogens with one attached hydrogen (secondary N) is 1. The Kier molecular flexibility index (Phi) is 2.74. The molecular weight excluding hydrogens is 192 g/mol. The molecule has 0 bridgehead atoms. The summed E-state index contributed by atoms with van der Waals surface area (Å²) >= 11 is 0. The van der Waals surface area contributed by atoms with Gasteiger partial charge in [-0.25, -0.2) is 0 Å². The largest absolute Gasteiger partial charge is 0.404 e. The third kappa shape index (κ3) is 3.30. The van der Waals surface area contributed by atoms with Crippen molar-refractivity contribution in [2.75, 3.05) is 0 Å². The molecule has 1 aliphatic rings. The van der Waals surface area contributed by atoms with Crippen molar-refractivity contribution < 1.29 is 13.0 Å². The molecule has 0 radical (unpaired) electrons. The molecule has 0 saturated heterocycles. The van der Waals surface area contributed by atoms with Crippen molar-refractivity contribution in [1.82, 2.24) is 4.72 Å². The number of hydrogen-bond donors (Lipinski definition) is 3. The maximum atomic E-state index is 10.4. The van der Waals surface area contributed by atoms with Crippen LogP contribution in [0.1, 0.15) is 6.42 Å². The molecule has 1 rings (SSSR count). The second-order valence-corrected chi connectivity index (χ2v) is 3.67. The number of rotatable bonds is 2. The highest BCUT2D eigenvalue weighted by Crippen LogP contribution is 2.12. The average Bonchev–Trinajstić information content (AvgIpc) is 2.03. The lowest BCUT2D eigenvalue weighted by Crippen LogP contribution is -2.21. The molecule has 0 saturated carbocycles. The first-order chi connectivity index (χ1) is 6.01. The van der Waals surface area contributed by atoms with Crippen LogP contribution in [0, 0.1) is 0 Å². The van der Waals surface area contributed by atoms with Gasteiger partial charge in [-0.2, -0.15) is 8.42 Å². The molecule has 13 heavy (non-hydrogen) atoms. The fourth-order valence-corrected chi connectivity index (χ4v) is 1.36. The molecule has 72 valence electrons. The van der Waals surface area contributed by atoms with Crippen molar-refractivity contribution in [2.24, 2.45) is 5.73 Å². The highest BCUT2D eigenvalue weighted by molar-refractivity contribution is 7.83. The van der Waals surface area contributed by atoms with E-state index in [9.17, 15) is 8.42 Å². The van der Waals surface area contributed by atoms with Crippen LogP contribution in [-0.4, -0.2) is 13.0 Å². The average molecular weight is 202 g/mol. The predicted molar refractivity (Wildman–Crippen MR) is 48.8 cm³/mol. The topological polar surface area (TPSA) is 92.4 Å². The summed E-state index contributed by atoms with van der Waals surface area (Å²) < 4.78 is 31.1. The van der Waals surface area contributed by atoms with Crippen molar-refractivity contribution in [3.8, 4) is 0 Å². The molecule has 4 N–H and O–H groups in total. The molecule has 0 unspecified atom stereocenters. The monoisotopic (exact) mass is 202 g/mol. The van der Waals surface area contributed by atoms with E-state index < -0.39 is 10.3 Å². The first kappa shape index (κ1) is 9.82. The highest BCUT2D eigenvalue weighted by atomic mass is 32.2. The second-order valence-electron chi connectivity index (χ2n) is 2.52. The number of hydrogen-bond acceptors (Lipinski definition) is 3. The van der Waals surface area contributed by atoms with Gasteiger partial charge in [-0.1, -0.05) is 12.2 Å². The molecule has 6 heteroatoms. The molecule has 0 aromatic heterocycles. The Labute approximate surface area is 76.5 Å². The van der Waals surface area contributed by atoms with E-state index in [4.69, 9.17) is 10.3 Å². The van der Waals surface area contributed by atoms with Crippen LogP contribution in [0.3, 0.4) is 0 Å². The molecule has 0 atom stereocenters. The minimum absolute atomic E-state index is 0.341. The van der Waals surface area contributed by atoms with Crippen molar-refractivity contribution >= 4 is 10.3 Å². The normalized spacial score (nSPS) is 20.1. The lowest BCUT2D eigenvalue weighted by Gasteiger charge is -2.08. The van der Waals surface area contributed by atoms with Crippen molar-refractivity contribution in [1.29, 1.82) is 0 Å². The molecular formula is C7H10N2O3S. The smallest absolute Gasteiger partial charge is 0.357 e. The van der Waals surface area contributed by atoms with Gasteiger partial charge in [0.05, 0.1) is 0 Å². The van der Waals surface area contributed by atoms with Crippen LogP contribution in [0.5, 0.6) is 0 Å². The van der Waals surface area contributed by atoms with E-state index in [1.165, 1.54) is 12.3 Å². The van der Waals surface area contributed by atoms with E-state index in [1.54, 1.807) is 12.2 Å². The van der Waals surface area contributed by atoms with E-state index in [-0.39, 0.29) is 0 Å². The molecule has 0 heterocycles. The summed E-state index contributed by atoms with van der Waals surface area (Å²) in [5.74, 6) is 0. The zero-order chi connectivity index (χ0) is 9.90. The van der Waals surface area contributed by atoms with Crippen LogP contribution in [-0.2, 0) is 10.3 Å². The molecule has 0 spiro atoms. The first-order valence-electron chi connectivity index (χ1n) is 3.55. The summed E-state index contributed by atoms with van der Waals surface area (Å²) in [6, 6.07) is 0. The van der Waals surface area contributed by atoms with Gasteiger partial charge in [-0.3, -0.25) is 9.27 Å². The Morgan fingerprint density at radius 3 is 2.62 bits per heavy atom. The molecule has 1 aliphatic carbocycles. The standard InChI is InChI=1S/C7H10N2O3S/c8-5-6-1-3-7(4-2-6)9-13(10,11)12/h1,3-5,9H,2,8H2,(H,10,11,12). The molecule has 5 nitrogen and oxygen atoms in total. The lowest BCUT2D eigenvalue weighted by atomic mass is 10.1. The minimum Gasteiger partial charge on any atom is -0.404 e. The SMILES string of the molecule is NC=C1C=CC(NS(=O)(=O)O)=CC1. The van der Waals surface area contributed by atoms with Crippen LogP contribution in [0.15, 0.2) is 35.7 Å². The molecule has 0 fully saturated rings. The maximum absolute atomic E-state index is 10.4. The van der Waals surface area contributed by atoms with Crippen LogP contribution in [0.25, 0.3) is 0 Å². The van der Waals surface area contributed by atoms with E-state index in [0.29, 0.717) is 12.1 Å². The molecule has 0 aromatic carbocycles. The van der Waals surface area contributed by atoms with E-state index in [1.807, 2.05) is 4.72 Å². The summed E-state index contributed by atoms with van der Waals surface area (Å²) in [6.07, 6.45) is 6.80. The summed E-state index contributed by atoms with van der Waals surface area (Å²) in [7, 11) is -4.17. The van der Waals surface area contributed by atoms with Crippen molar-refractivity contribution in [2.45, 2.75) is 6.42 Å². The van der Waals surface area contributed by atoms with Gasteiger partial charge in [-0.15, -0.1) is 0 Å². The third-order valence-electron chi connectivity index (χ3n) is 1.50. The Hall–Kier alpha value is -1.27. The molecule has 0 amide bonds. The van der Waals surface area contributed by atoms with Gasteiger partial charge in [0.1, 0.15) is 0 Å². The van der Waals surface area contributed by atoms with Crippen LogP contribution >= 0.6 is 0 Å².